The number of anilines is 4. The number of nitrogens with one attached hydrogen (secondary N) is 2. The molecule has 0 atom stereocenters. The zero-order chi connectivity index (χ0) is 14.4. The molecule has 2 heterocycles. The van der Waals surface area contributed by atoms with Crippen LogP contribution in [0.4, 0.5) is 23.1 Å². The molecule has 0 bridgehead atoms. The van der Waals surface area contributed by atoms with Crippen molar-refractivity contribution in [2.24, 2.45) is 0 Å². The normalized spacial score (nSPS) is 10.3. The summed E-state index contributed by atoms with van der Waals surface area (Å²) in [7, 11) is 1.64. The van der Waals surface area contributed by atoms with E-state index in [4.69, 9.17) is 10.5 Å². The summed E-state index contributed by atoms with van der Waals surface area (Å²) < 4.78 is 4.97. The molecule has 7 heteroatoms. The van der Waals surface area contributed by atoms with Gasteiger partial charge in [-0.05, 0) is 18.6 Å². The van der Waals surface area contributed by atoms with Crippen LogP contribution in [0.5, 0.6) is 0 Å². The first kappa shape index (κ1) is 14.0. The Hall–Kier alpha value is -2.41. The SMILES string of the molecule is COCCNc1ncnc(Nc2ccc(C)cn2)c1N. The molecule has 0 fully saturated rings. The van der Waals surface area contributed by atoms with E-state index >= 15 is 0 Å². The quantitative estimate of drug-likeness (QED) is 0.688. The summed E-state index contributed by atoms with van der Waals surface area (Å²) in [4.78, 5) is 12.5. The van der Waals surface area contributed by atoms with Crippen molar-refractivity contribution >= 4 is 23.1 Å². The van der Waals surface area contributed by atoms with Crippen LogP contribution in [0.3, 0.4) is 0 Å². The maximum atomic E-state index is 6.02. The number of aryl methyl sites for hydroxylation is 1. The summed E-state index contributed by atoms with van der Waals surface area (Å²) in [5.41, 5.74) is 7.57. The Balaban J connectivity index is 2.11. The zero-order valence-corrected chi connectivity index (χ0v) is 11.6. The summed E-state index contributed by atoms with van der Waals surface area (Å²) in [6, 6.07) is 3.83. The first-order chi connectivity index (χ1) is 9.70. The van der Waals surface area contributed by atoms with Gasteiger partial charge in [-0.1, -0.05) is 6.07 Å². The maximum Gasteiger partial charge on any atom is 0.160 e. The second-order valence-electron chi connectivity index (χ2n) is 4.25. The molecule has 7 nitrogen and oxygen atoms in total. The molecule has 0 spiro atoms. The number of nitrogen functional groups attached to an aromatic ring is 1. The molecule has 2 aromatic heterocycles. The lowest BCUT2D eigenvalue weighted by molar-refractivity contribution is 0.210. The minimum Gasteiger partial charge on any atom is -0.393 e. The number of ether oxygens (including phenoxy) is 1. The third kappa shape index (κ3) is 3.55. The van der Waals surface area contributed by atoms with Gasteiger partial charge in [0.2, 0.25) is 0 Å². The molecule has 0 aliphatic rings. The number of aromatic nitrogens is 3. The first-order valence-electron chi connectivity index (χ1n) is 6.23. The van der Waals surface area contributed by atoms with Crippen molar-refractivity contribution in [1.29, 1.82) is 0 Å². The Morgan fingerprint density at radius 3 is 2.70 bits per heavy atom. The lowest BCUT2D eigenvalue weighted by Crippen LogP contribution is -2.12. The Morgan fingerprint density at radius 2 is 2.00 bits per heavy atom. The number of hydrogen-bond acceptors (Lipinski definition) is 7. The highest BCUT2D eigenvalue weighted by Gasteiger charge is 2.08. The summed E-state index contributed by atoms with van der Waals surface area (Å²) >= 11 is 0. The van der Waals surface area contributed by atoms with Crippen molar-refractivity contribution in [3.8, 4) is 0 Å². The van der Waals surface area contributed by atoms with E-state index in [9.17, 15) is 0 Å². The molecule has 2 rings (SSSR count). The van der Waals surface area contributed by atoms with Crippen molar-refractivity contribution in [1.82, 2.24) is 15.0 Å². The molecule has 4 N–H and O–H groups in total. The van der Waals surface area contributed by atoms with Crippen LogP contribution >= 0.6 is 0 Å². The van der Waals surface area contributed by atoms with E-state index in [1.54, 1.807) is 13.3 Å². The predicted octanol–water partition coefficient (Wildman–Crippen LogP) is 1.56. The standard InChI is InChI=1S/C13H18N6O/c1-9-3-4-10(16-7-9)19-13-11(14)12(17-8-18-13)15-5-6-20-2/h3-4,7-8H,5-6,14H2,1-2H3,(H2,15,16,17,18,19). The van der Waals surface area contributed by atoms with Crippen molar-refractivity contribution < 1.29 is 4.74 Å². The first-order valence-corrected chi connectivity index (χ1v) is 6.23. The second-order valence-corrected chi connectivity index (χ2v) is 4.25. The Morgan fingerprint density at radius 1 is 1.20 bits per heavy atom. The van der Waals surface area contributed by atoms with Crippen molar-refractivity contribution in [2.45, 2.75) is 6.92 Å². The smallest absolute Gasteiger partial charge is 0.160 e. The van der Waals surface area contributed by atoms with E-state index < -0.39 is 0 Å². The zero-order valence-electron chi connectivity index (χ0n) is 11.6. The topological polar surface area (TPSA) is 98.0 Å². The minimum absolute atomic E-state index is 0.450. The average molecular weight is 274 g/mol. The van der Waals surface area contributed by atoms with Gasteiger partial charge >= 0.3 is 0 Å². The van der Waals surface area contributed by atoms with Gasteiger partial charge in [-0.3, -0.25) is 0 Å². The minimum atomic E-state index is 0.450. The fraction of sp³-hybridized carbons (Fsp3) is 0.308. The Bertz CT molecular complexity index is 557. The molecular formula is C13H18N6O. The largest absolute Gasteiger partial charge is 0.393 e. The van der Waals surface area contributed by atoms with Crippen LogP contribution in [-0.4, -0.2) is 35.2 Å². The molecule has 0 amide bonds. The molecule has 2 aromatic rings. The number of rotatable bonds is 6. The molecule has 0 aliphatic heterocycles. The average Bonchev–Trinajstić information content (AvgIpc) is 2.45. The van der Waals surface area contributed by atoms with Crippen molar-refractivity contribution in [3.05, 3.63) is 30.2 Å². The fourth-order valence-corrected chi connectivity index (χ4v) is 1.57. The van der Waals surface area contributed by atoms with Gasteiger partial charge in [-0.15, -0.1) is 0 Å². The summed E-state index contributed by atoms with van der Waals surface area (Å²) in [5.74, 6) is 1.78. The van der Waals surface area contributed by atoms with Crippen LogP contribution in [0, 0.1) is 6.92 Å². The van der Waals surface area contributed by atoms with Crippen LogP contribution in [-0.2, 0) is 4.74 Å². The monoisotopic (exact) mass is 274 g/mol. The van der Waals surface area contributed by atoms with Gasteiger partial charge in [0, 0.05) is 19.9 Å². The lowest BCUT2D eigenvalue weighted by Gasteiger charge is -2.11. The van der Waals surface area contributed by atoms with Crippen LogP contribution < -0.4 is 16.4 Å². The predicted molar refractivity (Wildman–Crippen MR) is 79.1 cm³/mol. The van der Waals surface area contributed by atoms with E-state index in [0.717, 1.165) is 5.56 Å². The van der Waals surface area contributed by atoms with E-state index in [2.05, 4.69) is 25.6 Å². The summed E-state index contributed by atoms with van der Waals surface area (Å²) in [6.07, 6.45) is 3.22. The number of nitrogens with two attached hydrogens (primary N) is 1. The van der Waals surface area contributed by atoms with Gasteiger partial charge in [0.25, 0.3) is 0 Å². The number of pyridine rings is 1. The summed E-state index contributed by atoms with van der Waals surface area (Å²) in [5, 5.41) is 6.16. The highest BCUT2D eigenvalue weighted by molar-refractivity contribution is 5.76. The number of hydrogen-bond donors (Lipinski definition) is 3. The van der Waals surface area contributed by atoms with Gasteiger partial charge in [0.05, 0.1) is 6.61 Å². The van der Waals surface area contributed by atoms with Crippen LogP contribution in [0.15, 0.2) is 24.7 Å². The highest BCUT2D eigenvalue weighted by atomic mass is 16.5. The molecule has 106 valence electrons. The van der Waals surface area contributed by atoms with E-state index in [-0.39, 0.29) is 0 Å². The van der Waals surface area contributed by atoms with Gasteiger partial charge < -0.3 is 21.1 Å². The molecular weight excluding hydrogens is 256 g/mol. The molecule has 0 radical (unpaired) electrons. The Labute approximate surface area is 117 Å². The molecule has 20 heavy (non-hydrogen) atoms. The van der Waals surface area contributed by atoms with Gasteiger partial charge in [0.1, 0.15) is 17.8 Å². The molecule has 0 aliphatic carbocycles. The second kappa shape index (κ2) is 6.67. The van der Waals surface area contributed by atoms with Crippen molar-refractivity contribution in [3.63, 3.8) is 0 Å². The van der Waals surface area contributed by atoms with E-state index in [0.29, 0.717) is 36.3 Å². The van der Waals surface area contributed by atoms with Crippen LogP contribution in [0.1, 0.15) is 5.56 Å². The van der Waals surface area contributed by atoms with Gasteiger partial charge in [-0.2, -0.15) is 0 Å². The lowest BCUT2D eigenvalue weighted by atomic mass is 10.3. The third-order valence-electron chi connectivity index (χ3n) is 2.64. The number of methoxy groups -OCH3 is 1. The van der Waals surface area contributed by atoms with Gasteiger partial charge in [0.15, 0.2) is 11.6 Å². The maximum absolute atomic E-state index is 6.02. The van der Waals surface area contributed by atoms with Crippen LogP contribution in [0.25, 0.3) is 0 Å². The van der Waals surface area contributed by atoms with Crippen molar-refractivity contribution in [2.75, 3.05) is 36.6 Å². The Kier molecular flexibility index (Phi) is 4.67. The van der Waals surface area contributed by atoms with Gasteiger partial charge in [-0.25, -0.2) is 15.0 Å². The highest BCUT2D eigenvalue weighted by Crippen LogP contribution is 2.24. The third-order valence-corrected chi connectivity index (χ3v) is 2.64. The molecule has 0 unspecified atom stereocenters. The fourth-order valence-electron chi connectivity index (χ4n) is 1.57. The molecule has 0 saturated heterocycles. The summed E-state index contributed by atoms with van der Waals surface area (Å²) in [6.45, 7) is 3.18. The van der Waals surface area contributed by atoms with E-state index in [1.165, 1.54) is 6.33 Å². The van der Waals surface area contributed by atoms with E-state index in [1.807, 2.05) is 19.1 Å². The molecule has 0 saturated carbocycles. The number of nitrogens with zero attached hydrogens (tertiary/aromatic N) is 3. The molecule has 0 aromatic carbocycles. The van der Waals surface area contributed by atoms with Crippen LogP contribution in [0.2, 0.25) is 0 Å².